The maximum atomic E-state index is 12.6. The van der Waals surface area contributed by atoms with Crippen LogP contribution in [0.25, 0.3) is 11.0 Å². The molecule has 1 saturated heterocycles. The van der Waals surface area contributed by atoms with Crippen LogP contribution in [-0.4, -0.2) is 45.7 Å². The van der Waals surface area contributed by atoms with Gasteiger partial charge in [0.05, 0.1) is 11.1 Å². The zero-order valence-corrected chi connectivity index (χ0v) is 18.4. The number of benzene rings is 1. The monoisotopic (exact) mass is 428 g/mol. The molecule has 32 heavy (non-hydrogen) atoms. The molecule has 0 spiro atoms. The van der Waals surface area contributed by atoms with Crippen molar-refractivity contribution in [1.82, 2.24) is 20.3 Å². The fourth-order valence-corrected chi connectivity index (χ4v) is 5.12. The maximum absolute atomic E-state index is 12.6. The summed E-state index contributed by atoms with van der Waals surface area (Å²) in [6, 6.07) is 8.38. The second-order valence-electron chi connectivity index (χ2n) is 9.66. The lowest BCUT2D eigenvalue weighted by Crippen LogP contribution is -2.43. The highest BCUT2D eigenvalue weighted by Crippen LogP contribution is 2.41. The van der Waals surface area contributed by atoms with E-state index in [2.05, 4.69) is 38.2 Å². The standard InChI is InChI=1S/C25H28N6O/c1-25(8-11-31(12-9-25)23-19-7-10-26-22(19)27-15-28-23)21-14-17-13-16(5-6-20(17)30-21)24(32)29-18-3-2-4-18/h5-7,10,13,15,18H,2-4,8-9,11-12,14H2,1H3,(H,29,32)(H,26,27,28). The zero-order valence-electron chi connectivity index (χ0n) is 18.4. The van der Waals surface area contributed by atoms with E-state index in [0.717, 1.165) is 73.3 Å². The van der Waals surface area contributed by atoms with E-state index in [9.17, 15) is 4.79 Å². The Hall–Kier alpha value is -3.22. The zero-order chi connectivity index (χ0) is 21.7. The molecular formula is C25H28N6O. The molecule has 2 fully saturated rings. The number of hydrogen-bond donors (Lipinski definition) is 2. The van der Waals surface area contributed by atoms with Crippen LogP contribution >= 0.6 is 0 Å². The number of aliphatic imine (C=N–C) groups is 1. The Morgan fingerprint density at radius 2 is 2.03 bits per heavy atom. The number of aromatic nitrogens is 3. The van der Waals surface area contributed by atoms with Gasteiger partial charge in [-0.3, -0.25) is 9.79 Å². The topological polar surface area (TPSA) is 86.3 Å². The molecule has 1 aromatic carbocycles. The molecule has 164 valence electrons. The van der Waals surface area contributed by atoms with Crippen molar-refractivity contribution >= 4 is 34.2 Å². The average Bonchev–Trinajstić information content (AvgIpc) is 3.43. The quantitative estimate of drug-likeness (QED) is 0.653. The van der Waals surface area contributed by atoms with Crippen LogP contribution in [0.15, 0.2) is 41.8 Å². The van der Waals surface area contributed by atoms with Gasteiger partial charge in [-0.05, 0) is 61.9 Å². The highest BCUT2D eigenvalue weighted by Gasteiger charge is 2.37. The molecule has 0 atom stereocenters. The molecule has 1 aliphatic carbocycles. The van der Waals surface area contributed by atoms with Gasteiger partial charge in [-0.15, -0.1) is 0 Å². The number of aromatic amines is 1. The minimum Gasteiger partial charge on any atom is -0.356 e. The third-order valence-corrected chi connectivity index (χ3v) is 7.59. The van der Waals surface area contributed by atoms with Crippen molar-refractivity contribution in [3.63, 3.8) is 0 Å². The van der Waals surface area contributed by atoms with Gasteiger partial charge < -0.3 is 15.2 Å². The lowest BCUT2D eigenvalue weighted by Gasteiger charge is -2.40. The van der Waals surface area contributed by atoms with Crippen molar-refractivity contribution in [2.24, 2.45) is 10.4 Å². The third-order valence-electron chi connectivity index (χ3n) is 7.59. The molecular weight excluding hydrogens is 400 g/mol. The minimum atomic E-state index is 0.0476. The summed E-state index contributed by atoms with van der Waals surface area (Å²) >= 11 is 0. The maximum Gasteiger partial charge on any atom is 0.251 e. The van der Waals surface area contributed by atoms with E-state index in [1.165, 1.54) is 17.7 Å². The van der Waals surface area contributed by atoms with Crippen molar-refractivity contribution in [2.75, 3.05) is 18.0 Å². The van der Waals surface area contributed by atoms with Crippen molar-refractivity contribution < 1.29 is 4.79 Å². The Morgan fingerprint density at radius 3 is 2.81 bits per heavy atom. The van der Waals surface area contributed by atoms with Crippen LogP contribution in [0.2, 0.25) is 0 Å². The SMILES string of the molecule is CC1(C2=Nc3ccc(C(=O)NC4CCC4)cc3C2)CCN(c2ncnc3[nH]ccc23)CC1. The minimum absolute atomic E-state index is 0.0476. The molecule has 7 heteroatoms. The van der Waals surface area contributed by atoms with Gasteiger partial charge in [0.25, 0.3) is 5.91 Å². The van der Waals surface area contributed by atoms with E-state index in [-0.39, 0.29) is 11.3 Å². The fourth-order valence-electron chi connectivity index (χ4n) is 5.12. The molecule has 3 aliphatic rings. The first-order chi connectivity index (χ1) is 15.6. The summed E-state index contributed by atoms with van der Waals surface area (Å²) in [4.78, 5) is 32.0. The molecule has 3 aromatic rings. The predicted octanol–water partition coefficient (Wildman–Crippen LogP) is 4.18. The van der Waals surface area contributed by atoms with Gasteiger partial charge in [0, 0.05) is 48.4 Å². The highest BCUT2D eigenvalue weighted by molar-refractivity contribution is 6.00. The summed E-state index contributed by atoms with van der Waals surface area (Å²) in [6.45, 7) is 4.22. The number of fused-ring (bicyclic) bond motifs is 2. The Labute approximate surface area is 187 Å². The lowest BCUT2D eigenvalue weighted by atomic mass is 9.75. The second kappa shape index (κ2) is 7.43. The van der Waals surface area contributed by atoms with Crippen LogP contribution in [0, 0.1) is 5.41 Å². The summed E-state index contributed by atoms with van der Waals surface area (Å²) in [5.41, 5.74) is 5.15. The van der Waals surface area contributed by atoms with Crippen molar-refractivity contribution in [3.8, 4) is 0 Å². The van der Waals surface area contributed by atoms with Crippen molar-refractivity contribution in [2.45, 2.75) is 51.5 Å². The Morgan fingerprint density at radius 1 is 1.19 bits per heavy atom. The molecule has 0 bridgehead atoms. The predicted molar refractivity (Wildman–Crippen MR) is 126 cm³/mol. The molecule has 1 saturated carbocycles. The largest absolute Gasteiger partial charge is 0.356 e. The second-order valence-corrected chi connectivity index (χ2v) is 9.66. The summed E-state index contributed by atoms with van der Waals surface area (Å²) in [6.07, 6.45) is 9.88. The van der Waals surface area contributed by atoms with Gasteiger partial charge in [-0.2, -0.15) is 0 Å². The first-order valence-electron chi connectivity index (χ1n) is 11.6. The van der Waals surface area contributed by atoms with Crippen LogP contribution in [0.1, 0.15) is 54.9 Å². The number of carbonyl (C=O) groups is 1. The summed E-state index contributed by atoms with van der Waals surface area (Å²) in [5, 5.41) is 4.22. The first kappa shape index (κ1) is 19.5. The number of hydrogen-bond acceptors (Lipinski definition) is 5. The average molecular weight is 429 g/mol. The third kappa shape index (κ3) is 3.27. The molecule has 7 nitrogen and oxygen atoms in total. The molecule has 0 unspecified atom stereocenters. The van der Waals surface area contributed by atoms with Crippen LogP contribution in [0.4, 0.5) is 11.5 Å². The first-order valence-corrected chi connectivity index (χ1v) is 11.6. The summed E-state index contributed by atoms with van der Waals surface area (Å²) in [5.74, 6) is 1.06. The number of nitrogens with one attached hydrogen (secondary N) is 2. The number of anilines is 1. The highest BCUT2D eigenvalue weighted by atomic mass is 16.1. The normalized spacial score (nSPS) is 20.0. The molecule has 2 aromatic heterocycles. The summed E-state index contributed by atoms with van der Waals surface area (Å²) in [7, 11) is 0. The van der Waals surface area contributed by atoms with E-state index in [4.69, 9.17) is 4.99 Å². The van der Waals surface area contributed by atoms with Gasteiger partial charge >= 0.3 is 0 Å². The number of piperidine rings is 1. The lowest BCUT2D eigenvalue weighted by molar-refractivity contribution is 0.0917. The van der Waals surface area contributed by atoms with Gasteiger partial charge in [0.2, 0.25) is 0 Å². The van der Waals surface area contributed by atoms with E-state index >= 15 is 0 Å². The van der Waals surface area contributed by atoms with E-state index in [1.54, 1.807) is 6.33 Å². The number of amides is 1. The van der Waals surface area contributed by atoms with Gasteiger partial charge in [-0.25, -0.2) is 9.97 Å². The Balaban J connectivity index is 1.15. The van der Waals surface area contributed by atoms with Crippen LogP contribution in [0.3, 0.4) is 0 Å². The Bertz CT molecular complexity index is 1220. The molecule has 1 amide bonds. The number of nitrogens with zero attached hydrogens (tertiary/aromatic N) is 4. The number of rotatable bonds is 4. The van der Waals surface area contributed by atoms with Crippen LogP contribution in [-0.2, 0) is 6.42 Å². The molecule has 2 N–H and O–H groups in total. The summed E-state index contributed by atoms with van der Waals surface area (Å²) < 4.78 is 0. The van der Waals surface area contributed by atoms with Crippen LogP contribution < -0.4 is 10.2 Å². The molecule has 0 radical (unpaired) electrons. The van der Waals surface area contributed by atoms with E-state index in [1.807, 2.05) is 24.4 Å². The van der Waals surface area contributed by atoms with Crippen molar-refractivity contribution in [3.05, 3.63) is 47.9 Å². The van der Waals surface area contributed by atoms with E-state index < -0.39 is 0 Å². The molecule has 4 heterocycles. The molecule has 6 rings (SSSR count). The van der Waals surface area contributed by atoms with Crippen LogP contribution in [0.5, 0.6) is 0 Å². The van der Waals surface area contributed by atoms with Gasteiger partial charge in [0.1, 0.15) is 17.8 Å². The number of H-pyrrole nitrogens is 1. The Kier molecular flexibility index (Phi) is 4.52. The van der Waals surface area contributed by atoms with Gasteiger partial charge in [-0.1, -0.05) is 6.92 Å². The van der Waals surface area contributed by atoms with E-state index in [0.29, 0.717) is 6.04 Å². The molecule has 2 aliphatic heterocycles. The van der Waals surface area contributed by atoms with Crippen molar-refractivity contribution in [1.29, 1.82) is 0 Å². The number of carbonyl (C=O) groups excluding carboxylic acids is 1. The fraction of sp³-hybridized carbons (Fsp3) is 0.440. The smallest absolute Gasteiger partial charge is 0.251 e. The van der Waals surface area contributed by atoms with Gasteiger partial charge in [0.15, 0.2) is 0 Å².